The summed E-state index contributed by atoms with van der Waals surface area (Å²) in [4.78, 5) is 129. The topological polar surface area (TPSA) is 427 Å². The second kappa shape index (κ2) is 25.4. The van der Waals surface area contributed by atoms with E-state index in [0.29, 0.717) is 33.4 Å². The highest BCUT2D eigenvalue weighted by molar-refractivity contribution is 7.71. The number of H-pyrrole nitrogens is 2. The third-order valence-corrected chi connectivity index (χ3v) is 14.1. The Bertz CT molecular complexity index is 4830. The number of aromatic amines is 2. The lowest BCUT2D eigenvalue weighted by Crippen LogP contribution is -2.37. The summed E-state index contributed by atoms with van der Waals surface area (Å²) < 4.78 is 31.4. The molecule has 0 saturated heterocycles. The molecule has 448 valence electrons. The molecule has 0 aliphatic carbocycles. The summed E-state index contributed by atoms with van der Waals surface area (Å²) in [5.74, 6) is -5.82. The second-order valence-corrected chi connectivity index (χ2v) is 20.2. The molecule has 10 rings (SSSR count). The molecule has 28 nitrogen and oxygen atoms in total. The molecule has 32 heteroatoms. The highest BCUT2D eigenvalue weighted by atomic mass is 32.1. The molecule has 0 fully saturated rings. The maximum Gasteiger partial charge on any atom is 0.335 e. The zero-order valence-corrected chi connectivity index (χ0v) is 47.3. The zero-order chi connectivity index (χ0) is 63.4. The van der Waals surface area contributed by atoms with Gasteiger partial charge >= 0.3 is 11.9 Å². The number of hydrogen-bond donors (Lipinski definition) is 12. The monoisotopic (exact) mass is 1240 g/mol. The average Bonchev–Trinajstić information content (AvgIpc) is 3.07. The number of amides is 4. The van der Waals surface area contributed by atoms with E-state index in [1.807, 2.05) is 0 Å². The first-order chi connectivity index (χ1) is 41.9. The SMILES string of the molecule is Cc1cc(CNC(=O)c2cc(C(=O)NCc3ccc(F)c(CNc4c(N)c(=O)c4=O)c3)n3c(=S)[nH]nc3n2)ccc1C(=O)O.Cc1cc(CNC(=O)c2cc(C(=O)NCc3ccc(F)c(CNc4c(N)c(=O)c4=O)c3)nc3n[nH]c(=S)n23)ccc1C(=O)O. The van der Waals surface area contributed by atoms with Crippen LogP contribution in [0, 0.1) is 35.0 Å². The van der Waals surface area contributed by atoms with Gasteiger partial charge < -0.3 is 53.6 Å². The maximum absolute atomic E-state index is 14.4. The Labute approximate surface area is 501 Å². The van der Waals surface area contributed by atoms with Crippen LogP contribution in [0.2, 0.25) is 0 Å². The van der Waals surface area contributed by atoms with Gasteiger partial charge in [0.2, 0.25) is 9.54 Å². The van der Waals surface area contributed by atoms with Gasteiger partial charge in [-0.15, -0.1) is 10.2 Å². The summed E-state index contributed by atoms with van der Waals surface area (Å²) in [7, 11) is 0. The van der Waals surface area contributed by atoms with E-state index < -0.39 is 68.9 Å². The number of carbonyl (C=O) groups is 6. The fourth-order valence-corrected chi connectivity index (χ4v) is 9.37. The highest BCUT2D eigenvalue weighted by Crippen LogP contribution is 2.20. The van der Waals surface area contributed by atoms with E-state index in [-0.39, 0.29) is 128 Å². The van der Waals surface area contributed by atoms with Gasteiger partial charge in [0.25, 0.3) is 56.9 Å². The smallest absolute Gasteiger partial charge is 0.335 e. The van der Waals surface area contributed by atoms with Crippen LogP contribution >= 0.6 is 24.4 Å². The largest absolute Gasteiger partial charge is 0.478 e. The average molecular weight is 1240 g/mol. The number of rotatable bonds is 20. The van der Waals surface area contributed by atoms with Crippen molar-refractivity contribution in [2.24, 2.45) is 0 Å². The molecular weight excluding hydrogens is 1190 g/mol. The summed E-state index contributed by atoms with van der Waals surface area (Å²) in [5.41, 5.74) is 11.0. The van der Waals surface area contributed by atoms with Crippen LogP contribution in [0.5, 0.6) is 0 Å². The molecule has 0 unspecified atom stereocenters. The first-order valence-electron chi connectivity index (χ1n) is 25.8. The molecule has 10 aromatic rings. The zero-order valence-electron chi connectivity index (χ0n) is 45.7. The van der Waals surface area contributed by atoms with Gasteiger partial charge in [-0.05, 0) is 120 Å². The molecule has 0 spiro atoms. The van der Waals surface area contributed by atoms with E-state index in [1.165, 1.54) is 69.5 Å². The van der Waals surface area contributed by atoms with Gasteiger partial charge in [0.15, 0.2) is 0 Å². The normalized spacial score (nSPS) is 11.0. The van der Waals surface area contributed by atoms with Crippen LogP contribution < -0.4 is 65.1 Å². The molecular formula is C56H46F2N16O12S2. The molecule has 0 atom stereocenters. The second-order valence-electron chi connectivity index (χ2n) is 19.5. The molecule has 14 N–H and O–H groups in total. The van der Waals surface area contributed by atoms with E-state index in [9.17, 15) is 66.9 Å². The number of fused-ring (bicyclic) bond motifs is 2. The number of aromatic carboxylic acids is 2. The molecule has 6 aromatic carbocycles. The van der Waals surface area contributed by atoms with Crippen molar-refractivity contribution < 1.29 is 47.8 Å². The number of anilines is 4. The number of carbonyl (C=O) groups excluding carboxylic acids is 4. The van der Waals surface area contributed by atoms with Gasteiger partial charge in [-0.3, -0.25) is 38.4 Å². The van der Waals surface area contributed by atoms with E-state index in [2.05, 4.69) is 62.3 Å². The van der Waals surface area contributed by atoms with Crippen LogP contribution in [0.3, 0.4) is 0 Å². The Morgan fingerprint density at radius 1 is 0.500 bits per heavy atom. The van der Waals surface area contributed by atoms with E-state index in [0.717, 1.165) is 0 Å². The summed E-state index contributed by atoms with van der Waals surface area (Å²) in [6.07, 6.45) is 0. The van der Waals surface area contributed by atoms with Crippen molar-refractivity contribution in [1.29, 1.82) is 0 Å². The summed E-state index contributed by atoms with van der Waals surface area (Å²) in [6.45, 7) is 3.09. The van der Waals surface area contributed by atoms with Gasteiger partial charge in [0.1, 0.15) is 57.2 Å². The number of nitrogens with zero attached hydrogens (tertiary/aromatic N) is 6. The van der Waals surface area contributed by atoms with Gasteiger partial charge in [-0.2, -0.15) is 0 Å². The number of carboxylic acids is 2. The number of benzene rings is 4. The van der Waals surface area contributed by atoms with Gasteiger partial charge in [0.05, 0.1) is 11.1 Å². The minimum Gasteiger partial charge on any atom is -0.478 e. The lowest BCUT2D eigenvalue weighted by Gasteiger charge is -2.13. The van der Waals surface area contributed by atoms with Crippen molar-refractivity contribution >= 4 is 94.3 Å². The molecule has 0 saturated carbocycles. The Balaban J connectivity index is 0.000000209. The number of carboxylic acid groups (broad SMARTS) is 2. The third-order valence-electron chi connectivity index (χ3n) is 13.6. The van der Waals surface area contributed by atoms with Crippen LogP contribution in [0.4, 0.5) is 31.5 Å². The highest BCUT2D eigenvalue weighted by Gasteiger charge is 2.24. The Kier molecular flexibility index (Phi) is 17.6. The van der Waals surface area contributed by atoms with E-state index >= 15 is 0 Å². The predicted octanol–water partition coefficient (Wildman–Crippen LogP) is 3.17. The molecule has 4 aromatic heterocycles. The minimum absolute atomic E-state index is 0.0227. The predicted molar refractivity (Wildman–Crippen MR) is 316 cm³/mol. The number of halogens is 2. The maximum atomic E-state index is 14.4. The van der Waals surface area contributed by atoms with E-state index in [1.54, 1.807) is 38.1 Å². The molecule has 88 heavy (non-hydrogen) atoms. The van der Waals surface area contributed by atoms with Crippen molar-refractivity contribution in [1.82, 2.24) is 60.4 Å². The lowest BCUT2D eigenvalue weighted by molar-refractivity contribution is 0.0685. The first kappa shape index (κ1) is 61.0. The summed E-state index contributed by atoms with van der Waals surface area (Å²) >= 11 is 10.5. The van der Waals surface area contributed by atoms with Crippen LogP contribution in [0.1, 0.15) is 107 Å². The molecule has 0 bridgehead atoms. The fraction of sp³-hybridized carbons (Fsp3) is 0.143. The van der Waals surface area contributed by atoms with Crippen LogP contribution in [-0.2, 0) is 39.3 Å². The minimum atomic E-state index is -1.06. The molecule has 4 amide bonds. The van der Waals surface area contributed by atoms with Crippen molar-refractivity contribution in [2.75, 3.05) is 22.1 Å². The van der Waals surface area contributed by atoms with Gasteiger partial charge in [-0.1, -0.05) is 36.4 Å². The van der Waals surface area contributed by atoms with Crippen LogP contribution in [-0.4, -0.2) is 84.9 Å². The standard InChI is InChI=1S/2C28H23FN8O6S/c1-12-6-13(2-4-16(12)26(42)43)9-33-25(41)19-8-18(34-27-35-36-28(44)37(19)27)24(40)32-10-14-3-5-17(29)15(7-14)11-31-21-20(30)22(38)23(21)39;1-12-6-13(2-4-16(12)26(42)43)9-32-24(40)18-8-19(37-27(34-18)35-36-28(37)44)25(41)33-10-14-3-5-17(29)15(7-14)11-31-21-20(30)22(38)23(21)39/h2*2-8,31H,9-11,30H2,1H3,(H,32,40)(H,33,41)(H,36,44)(H,42,43). The number of aryl methyl sites for hydroxylation is 2. The summed E-state index contributed by atoms with van der Waals surface area (Å²) in [6, 6.07) is 20.1. The fourth-order valence-electron chi connectivity index (χ4n) is 8.92. The van der Waals surface area contributed by atoms with Crippen molar-refractivity contribution in [3.63, 3.8) is 0 Å². The number of aromatic nitrogens is 8. The van der Waals surface area contributed by atoms with Gasteiger partial charge in [-0.25, -0.2) is 47.3 Å². The number of nitrogens with one attached hydrogen (secondary N) is 8. The molecule has 0 aliphatic heterocycles. The lowest BCUT2D eigenvalue weighted by atomic mass is 10.1. The molecule has 0 aliphatic rings. The quantitative estimate of drug-likeness (QED) is 0.0385. The van der Waals surface area contributed by atoms with Crippen LogP contribution in [0.25, 0.3) is 11.6 Å². The van der Waals surface area contributed by atoms with Crippen molar-refractivity contribution in [3.05, 3.63) is 225 Å². The first-order valence-corrected chi connectivity index (χ1v) is 26.6. The molecule has 4 heterocycles. The third kappa shape index (κ3) is 12.9. The van der Waals surface area contributed by atoms with Crippen molar-refractivity contribution in [3.8, 4) is 0 Å². The van der Waals surface area contributed by atoms with Crippen molar-refractivity contribution in [2.45, 2.75) is 53.1 Å². The summed E-state index contributed by atoms with van der Waals surface area (Å²) in [5, 5.41) is 47.5. The van der Waals surface area contributed by atoms with Gasteiger partial charge in [0, 0.05) is 50.4 Å². The Morgan fingerprint density at radius 2 is 0.841 bits per heavy atom. The molecule has 0 radical (unpaired) electrons. The number of nitrogens with two attached hydrogens (primary N) is 2. The number of hydrogen-bond acceptors (Lipinski definition) is 20. The van der Waals surface area contributed by atoms with E-state index in [4.69, 9.17) is 35.9 Å². The Hall–Kier alpha value is -11.5. The Morgan fingerprint density at radius 3 is 1.18 bits per heavy atom. The van der Waals surface area contributed by atoms with Crippen LogP contribution in [0.15, 0.2) is 104 Å². The number of nitrogen functional groups attached to an aromatic ring is 2.